The third kappa shape index (κ3) is 5.30. The van der Waals surface area contributed by atoms with Gasteiger partial charge in [-0.15, -0.1) is 11.3 Å². The average molecular weight is 369 g/mol. The van der Waals surface area contributed by atoms with Crippen LogP contribution >= 0.6 is 43.2 Å². The lowest BCUT2D eigenvalue weighted by Gasteiger charge is -2.12. The van der Waals surface area contributed by atoms with Crippen molar-refractivity contribution >= 4 is 43.2 Å². The number of hydrogen-bond acceptors (Lipinski definition) is 2. The molecule has 0 spiro atoms. The zero-order chi connectivity index (χ0) is 12.0. The van der Waals surface area contributed by atoms with Crippen molar-refractivity contribution in [2.75, 3.05) is 0 Å². The van der Waals surface area contributed by atoms with Gasteiger partial charge in [-0.3, -0.25) is 0 Å². The first-order valence-electron chi connectivity index (χ1n) is 5.80. The van der Waals surface area contributed by atoms with Gasteiger partial charge in [0.1, 0.15) is 0 Å². The van der Waals surface area contributed by atoms with E-state index in [9.17, 15) is 0 Å². The van der Waals surface area contributed by atoms with Crippen LogP contribution in [0.2, 0.25) is 0 Å². The highest BCUT2D eigenvalue weighted by atomic mass is 79.9. The maximum absolute atomic E-state index is 3.57. The topological polar surface area (TPSA) is 12.0 Å². The summed E-state index contributed by atoms with van der Waals surface area (Å²) < 4.78 is 2.34. The SMILES string of the molecule is CCCCCC(C)NCc1cc(Br)c(Br)s1. The van der Waals surface area contributed by atoms with Crippen LogP contribution in [-0.4, -0.2) is 6.04 Å². The quantitative estimate of drug-likeness (QED) is 0.641. The van der Waals surface area contributed by atoms with Crippen molar-refractivity contribution in [1.82, 2.24) is 5.32 Å². The first-order chi connectivity index (χ1) is 7.63. The normalized spacial score (nSPS) is 13.0. The van der Waals surface area contributed by atoms with Gasteiger partial charge in [0, 0.05) is 21.9 Å². The predicted octanol–water partition coefficient (Wildman–Crippen LogP) is 5.33. The number of unbranched alkanes of at least 4 members (excludes halogenated alkanes) is 2. The Morgan fingerprint density at radius 3 is 2.69 bits per heavy atom. The van der Waals surface area contributed by atoms with Gasteiger partial charge in [-0.1, -0.05) is 26.2 Å². The van der Waals surface area contributed by atoms with Crippen LogP contribution in [0.1, 0.15) is 44.4 Å². The van der Waals surface area contributed by atoms with Crippen LogP contribution in [0.5, 0.6) is 0 Å². The van der Waals surface area contributed by atoms with Crippen molar-refractivity contribution in [3.05, 3.63) is 19.2 Å². The lowest BCUT2D eigenvalue weighted by molar-refractivity contribution is 0.489. The van der Waals surface area contributed by atoms with E-state index in [0.717, 1.165) is 11.0 Å². The van der Waals surface area contributed by atoms with Crippen molar-refractivity contribution in [3.63, 3.8) is 0 Å². The van der Waals surface area contributed by atoms with Crippen molar-refractivity contribution in [2.45, 2.75) is 52.1 Å². The minimum atomic E-state index is 0.617. The Labute approximate surface area is 119 Å². The van der Waals surface area contributed by atoms with Gasteiger partial charge in [-0.25, -0.2) is 0 Å². The van der Waals surface area contributed by atoms with E-state index in [0.29, 0.717) is 6.04 Å². The molecule has 16 heavy (non-hydrogen) atoms. The predicted molar refractivity (Wildman–Crippen MR) is 80.2 cm³/mol. The molecule has 0 aliphatic carbocycles. The molecular weight excluding hydrogens is 350 g/mol. The monoisotopic (exact) mass is 367 g/mol. The van der Waals surface area contributed by atoms with E-state index < -0.39 is 0 Å². The average Bonchev–Trinajstić information content (AvgIpc) is 2.56. The second kappa shape index (κ2) is 7.85. The van der Waals surface area contributed by atoms with Crippen LogP contribution in [0.3, 0.4) is 0 Å². The molecule has 1 nitrogen and oxygen atoms in total. The molecule has 1 aromatic heterocycles. The summed E-state index contributed by atoms with van der Waals surface area (Å²) in [5.74, 6) is 0. The van der Waals surface area contributed by atoms with Gasteiger partial charge in [-0.2, -0.15) is 0 Å². The molecular formula is C12H19Br2NS. The zero-order valence-electron chi connectivity index (χ0n) is 9.85. The van der Waals surface area contributed by atoms with Crippen LogP contribution in [-0.2, 0) is 6.54 Å². The van der Waals surface area contributed by atoms with Gasteiger partial charge in [0.15, 0.2) is 0 Å². The lowest BCUT2D eigenvalue weighted by Crippen LogP contribution is -2.24. The number of rotatable bonds is 7. The first kappa shape index (κ1) is 14.7. The van der Waals surface area contributed by atoms with Crippen molar-refractivity contribution in [2.24, 2.45) is 0 Å². The smallest absolute Gasteiger partial charge is 0.0843 e. The van der Waals surface area contributed by atoms with Gasteiger partial charge in [0.2, 0.25) is 0 Å². The summed E-state index contributed by atoms with van der Waals surface area (Å²) in [6, 6.07) is 2.80. The van der Waals surface area contributed by atoms with E-state index in [4.69, 9.17) is 0 Å². The number of hydrogen-bond donors (Lipinski definition) is 1. The summed E-state index contributed by atoms with van der Waals surface area (Å²) in [5.41, 5.74) is 0. The van der Waals surface area contributed by atoms with E-state index in [1.165, 1.54) is 34.3 Å². The Balaban J connectivity index is 2.23. The van der Waals surface area contributed by atoms with E-state index in [1.54, 1.807) is 11.3 Å². The van der Waals surface area contributed by atoms with Crippen LogP contribution < -0.4 is 5.32 Å². The van der Waals surface area contributed by atoms with Crippen molar-refractivity contribution in [1.29, 1.82) is 0 Å². The minimum absolute atomic E-state index is 0.617. The largest absolute Gasteiger partial charge is 0.309 e. The van der Waals surface area contributed by atoms with E-state index in [-0.39, 0.29) is 0 Å². The summed E-state index contributed by atoms with van der Waals surface area (Å²) in [6.45, 7) is 5.49. The summed E-state index contributed by atoms with van der Waals surface area (Å²) in [6.07, 6.45) is 5.27. The van der Waals surface area contributed by atoms with Crippen LogP contribution in [0.15, 0.2) is 14.3 Å². The Hall–Kier alpha value is 0.620. The molecule has 1 rings (SSSR count). The molecule has 1 heterocycles. The summed E-state index contributed by atoms with van der Waals surface area (Å²) >= 11 is 8.82. The molecule has 0 radical (unpaired) electrons. The molecule has 0 fully saturated rings. The first-order valence-corrected chi connectivity index (χ1v) is 8.20. The highest BCUT2D eigenvalue weighted by Gasteiger charge is 2.05. The van der Waals surface area contributed by atoms with Crippen LogP contribution in [0.4, 0.5) is 0 Å². The Morgan fingerprint density at radius 2 is 2.12 bits per heavy atom. The summed E-state index contributed by atoms with van der Waals surface area (Å²) in [7, 11) is 0. The van der Waals surface area contributed by atoms with Crippen molar-refractivity contribution in [3.8, 4) is 0 Å². The second-order valence-electron chi connectivity index (χ2n) is 4.11. The lowest BCUT2D eigenvalue weighted by atomic mass is 10.1. The van der Waals surface area contributed by atoms with Gasteiger partial charge in [0.25, 0.3) is 0 Å². The molecule has 1 unspecified atom stereocenters. The van der Waals surface area contributed by atoms with Crippen LogP contribution in [0, 0.1) is 0 Å². The number of thiophene rings is 1. The third-order valence-corrected chi connectivity index (χ3v) is 5.82. The Morgan fingerprint density at radius 1 is 1.38 bits per heavy atom. The molecule has 1 N–H and O–H groups in total. The molecule has 0 aromatic carbocycles. The Bertz CT molecular complexity index is 292. The highest BCUT2D eigenvalue weighted by molar-refractivity contribution is 9.13. The van der Waals surface area contributed by atoms with E-state index >= 15 is 0 Å². The maximum Gasteiger partial charge on any atom is 0.0843 e. The highest BCUT2D eigenvalue weighted by Crippen LogP contribution is 2.32. The fraction of sp³-hybridized carbons (Fsp3) is 0.667. The molecule has 1 atom stereocenters. The number of halogens is 2. The van der Waals surface area contributed by atoms with Gasteiger partial charge in [0.05, 0.1) is 3.79 Å². The molecule has 0 bridgehead atoms. The van der Waals surface area contributed by atoms with Crippen LogP contribution in [0.25, 0.3) is 0 Å². The van der Waals surface area contributed by atoms with E-state index in [2.05, 4.69) is 57.1 Å². The second-order valence-corrected chi connectivity index (χ2v) is 7.42. The van der Waals surface area contributed by atoms with Gasteiger partial charge < -0.3 is 5.32 Å². The van der Waals surface area contributed by atoms with Gasteiger partial charge in [-0.05, 0) is 51.3 Å². The van der Waals surface area contributed by atoms with Crippen molar-refractivity contribution < 1.29 is 0 Å². The minimum Gasteiger partial charge on any atom is -0.309 e. The van der Waals surface area contributed by atoms with Gasteiger partial charge >= 0.3 is 0 Å². The fourth-order valence-corrected chi connectivity index (χ4v) is 3.68. The molecule has 0 amide bonds. The third-order valence-electron chi connectivity index (χ3n) is 2.56. The zero-order valence-corrected chi connectivity index (χ0v) is 13.8. The number of nitrogens with one attached hydrogen (secondary N) is 1. The summed E-state index contributed by atoms with van der Waals surface area (Å²) in [4.78, 5) is 1.38. The molecule has 4 heteroatoms. The molecule has 0 saturated carbocycles. The molecule has 0 aliphatic heterocycles. The summed E-state index contributed by atoms with van der Waals surface area (Å²) in [5, 5.41) is 3.57. The standard InChI is InChI=1S/C12H19Br2NS/c1-3-4-5-6-9(2)15-8-10-7-11(13)12(14)16-10/h7,9,15H,3-6,8H2,1-2H3. The Kier molecular flexibility index (Phi) is 7.20. The molecule has 0 saturated heterocycles. The maximum atomic E-state index is 3.57. The molecule has 92 valence electrons. The van der Waals surface area contributed by atoms with E-state index in [1.807, 2.05) is 0 Å². The fourth-order valence-electron chi connectivity index (χ4n) is 1.56. The molecule has 0 aliphatic rings. The molecule has 1 aromatic rings.